The number of allylic oxidation sites excluding steroid dienone is 2. The van der Waals surface area contributed by atoms with Crippen LogP contribution in [-0.4, -0.2) is 18.4 Å². The standard InChI is InChI=1S/C33H26ClNO3/c34-26-16-13-24(14-17-26)32-28-8-4-7-27(28)29-19-25(15-18-30(29)35-32)33(37)38-20-31(36)23-11-9-22(10-12-23)21-5-2-1-3-6-21/h1-7,9-19,27-28,32,35H,8,20H2/t27-,28+,32-/m1/s1. The SMILES string of the molecule is O=C(COC(=O)c1ccc2c(c1)[C@@H]1C=CC[C@@H]1[C@@H](c1ccc(Cl)cc1)N2)c1ccc(-c2ccccc2)cc1. The van der Waals surface area contributed by atoms with Gasteiger partial charge in [-0.1, -0.05) is 90.5 Å². The maximum atomic E-state index is 12.9. The minimum atomic E-state index is -0.500. The predicted molar refractivity (Wildman–Crippen MR) is 151 cm³/mol. The molecule has 1 aliphatic carbocycles. The molecule has 0 fully saturated rings. The quantitative estimate of drug-likeness (QED) is 0.160. The first-order chi connectivity index (χ1) is 18.6. The Morgan fingerprint density at radius 3 is 2.32 bits per heavy atom. The lowest BCUT2D eigenvalue weighted by molar-refractivity contribution is 0.0474. The highest BCUT2D eigenvalue weighted by Gasteiger charge is 2.38. The van der Waals surface area contributed by atoms with E-state index in [0.717, 1.165) is 33.8 Å². The fourth-order valence-corrected chi connectivity index (χ4v) is 5.62. The van der Waals surface area contributed by atoms with Gasteiger partial charge in [0.1, 0.15) is 0 Å². The summed E-state index contributed by atoms with van der Waals surface area (Å²) in [5.41, 5.74) is 6.34. The maximum Gasteiger partial charge on any atom is 0.338 e. The zero-order valence-corrected chi connectivity index (χ0v) is 21.4. The summed E-state index contributed by atoms with van der Waals surface area (Å²) in [6.45, 7) is -0.302. The first-order valence-corrected chi connectivity index (χ1v) is 13.1. The molecule has 6 rings (SSSR count). The Hall–Kier alpha value is -4.15. The van der Waals surface area contributed by atoms with Crippen LogP contribution in [0.3, 0.4) is 0 Å². The van der Waals surface area contributed by atoms with Crippen molar-refractivity contribution >= 4 is 29.0 Å². The number of fused-ring (bicyclic) bond motifs is 3. The minimum absolute atomic E-state index is 0.156. The van der Waals surface area contributed by atoms with Crippen LogP contribution in [0.2, 0.25) is 5.02 Å². The van der Waals surface area contributed by atoms with Gasteiger partial charge in [0.25, 0.3) is 0 Å². The molecule has 1 N–H and O–H groups in total. The number of hydrogen-bond donors (Lipinski definition) is 1. The van der Waals surface area contributed by atoms with Crippen molar-refractivity contribution in [3.8, 4) is 11.1 Å². The van der Waals surface area contributed by atoms with Crippen LogP contribution >= 0.6 is 11.6 Å². The van der Waals surface area contributed by atoms with E-state index in [2.05, 4.69) is 29.6 Å². The van der Waals surface area contributed by atoms with E-state index >= 15 is 0 Å². The van der Waals surface area contributed by atoms with Crippen LogP contribution in [0.4, 0.5) is 5.69 Å². The Balaban J connectivity index is 1.14. The van der Waals surface area contributed by atoms with Crippen LogP contribution in [0, 0.1) is 5.92 Å². The molecule has 38 heavy (non-hydrogen) atoms. The van der Waals surface area contributed by atoms with Crippen molar-refractivity contribution in [2.75, 3.05) is 11.9 Å². The van der Waals surface area contributed by atoms with Crippen LogP contribution in [-0.2, 0) is 4.74 Å². The van der Waals surface area contributed by atoms with E-state index in [9.17, 15) is 9.59 Å². The van der Waals surface area contributed by atoms with Crippen molar-refractivity contribution < 1.29 is 14.3 Å². The van der Waals surface area contributed by atoms with Gasteiger partial charge in [-0.05, 0) is 64.9 Å². The molecule has 4 aromatic carbocycles. The Labute approximate surface area is 226 Å². The van der Waals surface area contributed by atoms with Crippen molar-refractivity contribution in [2.45, 2.75) is 18.4 Å². The third-order valence-electron chi connectivity index (χ3n) is 7.48. The lowest BCUT2D eigenvalue weighted by Gasteiger charge is -2.37. The van der Waals surface area contributed by atoms with Gasteiger partial charge < -0.3 is 10.1 Å². The largest absolute Gasteiger partial charge is 0.454 e. The first kappa shape index (κ1) is 24.2. The van der Waals surface area contributed by atoms with E-state index < -0.39 is 5.97 Å². The van der Waals surface area contributed by atoms with Crippen LogP contribution in [0.1, 0.15) is 50.2 Å². The number of hydrogen-bond acceptors (Lipinski definition) is 4. The van der Waals surface area contributed by atoms with Gasteiger partial charge in [0.05, 0.1) is 11.6 Å². The predicted octanol–water partition coefficient (Wildman–Crippen LogP) is 7.87. The van der Waals surface area contributed by atoms with Crippen molar-refractivity contribution in [3.63, 3.8) is 0 Å². The van der Waals surface area contributed by atoms with E-state index in [1.807, 2.05) is 66.7 Å². The molecule has 0 unspecified atom stereocenters. The summed E-state index contributed by atoms with van der Waals surface area (Å²) in [4.78, 5) is 25.6. The molecular formula is C33H26ClNO3. The van der Waals surface area contributed by atoms with Crippen LogP contribution in [0.25, 0.3) is 11.1 Å². The number of carbonyl (C=O) groups is 2. The number of ketones is 1. The molecule has 1 aliphatic heterocycles. The number of nitrogens with one attached hydrogen (secondary N) is 1. The van der Waals surface area contributed by atoms with E-state index in [0.29, 0.717) is 17.0 Å². The molecule has 4 aromatic rings. The second-order valence-electron chi connectivity index (χ2n) is 9.77. The number of carbonyl (C=O) groups excluding carboxylic acids is 2. The second kappa shape index (κ2) is 10.3. The van der Waals surface area contributed by atoms with E-state index in [1.165, 1.54) is 5.56 Å². The molecule has 188 valence electrons. The molecular weight excluding hydrogens is 494 g/mol. The van der Waals surface area contributed by atoms with Crippen LogP contribution in [0.15, 0.2) is 109 Å². The molecule has 2 aliphatic rings. The third-order valence-corrected chi connectivity index (χ3v) is 7.73. The molecule has 0 amide bonds. The zero-order valence-electron chi connectivity index (χ0n) is 20.6. The van der Waals surface area contributed by atoms with Crippen molar-refractivity contribution in [1.82, 2.24) is 0 Å². The van der Waals surface area contributed by atoms with Gasteiger partial charge in [0.15, 0.2) is 12.4 Å². The molecule has 0 saturated carbocycles. The Morgan fingerprint density at radius 2 is 1.55 bits per heavy atom. The summed E-state index contributed by atoms with van der Waals surface area (Å²) in [6, 6.07) is 31.0. The Kier molecular flexibility index (Phi) is 6.57. The summed E-state index contributed by atoms with van der Waals surface area (Å²) in [6.07, 6.45) is 5.39. The number of rotatable bonds is 6. The lowest BCUT2D eigenvalue weighted by atomic mass is 9.76. The third kappa shape index (κ3) is 4.75. The summed E-state index contributed by atoms with van der Waals surface area (Å²) in [5.74, 6) is -0.192. The summed E-state index contributed by atoms with van der Waals surface area (Å²) in [7, 11) is 0. The number of ether oxygens (including phenoxy) is 1. The monoisotopic (exact) mass is 519 g/mol. The highest BCUT2D eigenvalue weighted by atomic mass is 35.5. The van der Waals surface area contributed by atoms with Gasteiger partial charge >= 0.3 is 5.97 Å². The average Bonchev–Trinajstić information content (AvgIpc) is 3.47. The van der Waals surface area contributed by atoms with E-state index in [-0.39, 0.29) is 24.3 Å². The molecule has 0 aromatic heterocycles. The molecule has 0 spiro atoms. The van der Waals surface area contributed by atoms with Gasteiger partial charge in [-0.3, -0.25) is 4.79 Å². The molecule has 0 bridgehead atoms. The van der Waals surface area contributed by atoms with Crippen molar-refractivity contribution in [2.24, 2.45) is 5.92 Å². The summed E-state index contributed by atoms with van der Waals surface area (Å²) in [5, 5.41) is 4.39. The van der Waals surface area contributed by atoms with Crippen LogP contribution < -0.4 is 5.32 Å². The molecule has 0 radical (unpaired) electrons. The van der Waals surface area contributed by atoms with Crippen molar-refractivity contribution in [1.29, 1.82) is 0 Å². The van der Waals surface area contributed by atoms with Crippen LogP contribution in [0.5, 0.6) is 0 Å². The molecule has 0 saturated heterocycles. The highest BCUT2D eigenvalue weighted by molar-refractivity contribution is 6.30. The number of Topliss-reactive ketones (excluding diaryl/α,β-unsaturated/α-hetero) is 1. The molecule has 5 heteroatoms. The summed E-state index contributed by atoms with van der Waals surface area (Å²) < 4.78 is 5.42. The van der Waals surface area contributed by atoms with E-state index in [1.54, 1.807) is 18.2 Å². The molecule has 4 nitrogen and oxygen atoms in total. The van der Waals surface area contributed by atoms with Gasteiger partial charge in [-0.15, -0.1) is 0 Å². The lowest BCUT2D eigenvalue weighted by Crippen LogP contribution is -2.29. The van der Waals surface area contributed by atoms with Gasteiger partial charge in [-0.2, -0.15) is 0 Å². The zero-order chi connectivity index (χ0) is 26.1. The van der Waals surface area contributed by atoms with Gasteiger partial charge in [0, 0.05) is 22.2 Å². The Morgan fingerprint density at radius 1 is 0.842 bits per heavy atom. The average molecular weight is 520 g/mol. The number of esters is 1. The minimum Gasteiger partial charge on any atom is -0.454 e. The topological polar surface area (TPSA) is 55.4 Å². The highest BCUT2D eigenvalue weighted by Crippen LogP contribution is 2.50. The second-order valence-corrected chi connectivity index (χ2v) is 10.2. The first-order valence-electron chi connectivity index (χ1n) is 12.8. The number of benzene rings is 4. The normalized spacial score (nSPS) is 19.2. The molecule has 1 heterocycles. The fourth-order valence-electron chi connectivity index (χ4n) is 5.50. The maximum absolute atomic E-state index is 12.9. The molecule has 3 atom stereocenters. The van der Waals surface area contributed by atoms with Crippen molar-refractivity contribution in [3.05, 3.63) is 136 Å². The van der Waals surface area contributed by atoms with E-state index in [4.69, 9.17) is 16.3 Å². The Bertz CT molecular complexity index is 1510. The number of anilines is 1. The number of halogens is 1. The fraction of sp³-hybridized carbons (Fsp3) is 0.152. The smallest absolute Gasteiger partial charge is 0.338 e. The summed E-state index contributed by atoms with van der Waals surface area (Å²) >= 11 is 6.10. The van der Waals surface area contributed by atoms with Gasteiger partial charge in [0.2, 0.25) is 0 Å². The van der Waals surface area contributed by atoms with Gasteiger partial charge in [-0.25, -0.2) is 4.79 Å².